The normalized spacial score (nSPS) is 10.9. The summed E-state index contributed by atoms with van der Waals surface area (Å²) in [6.45, 7) is 1.18. The predicted molar refractivity (Wildman–Crippen MR) is 79.6 cm³/mol. The first kappa shape index (κ1) is 14.8. The van der Waals surface area contributed by atoms with Gasteiger partial charge in [-0.2, -0.15) is 0 Å². The maximum atomic E-state index is 6.29. The fourth-order valence-electron chi connectivity index (χ4n) is 1.73. The predicted octanol–water partition coefficient (Wildman–Crippen LogP) is 3.75. The summed E-state index contributed by atoms with van der Waals surface area (Å²) in [6, 6.07) is 5.68. The van der Waals surface area contributed by atoms with E-state index in [1.165, 1.54) is 0 Å². The molecule has 1 heterocycles. The van der Waals surface area contributed by atoms with Crippen molar-refractivity contribution in [2.45, 2.75) is 12.4 Å². The molecule has 0 bridgehead atoms. The van der Waals surface area contributed by atoms with Crippen molar-refractivity contribution in [3.63, 3.8) is 0 Å². The Balaban J connectivity index is 2.49. The second-order valence-corrected chi connectivity index (χ2v) is 5.32. The van der Waals surface area contributed by atoms with Gasteiger partial charge in [-0.15, -0.1) is 21.8 Å². The molecule has 0 aliphatic carbocycles. The molecule has 0 spiro atoms. The monoisotopic (exact) mass is 363 g/mol. The van der Waals surface area contributed by atoms with Crippen molar-refractivity contribution < 1.29 is 4.74 Å². The van der Waals surface area contributed by atoms with Gasteiger partial charge in [-0.05, 0) is 28.1 Å². The van der Waals surface area contributed by atoms with Crippen molar-refractivity contribution in [1.82, 2.24) is 14.8 Å². The quantitative estimate of drug-likeness (QED) is 0.758. The van der Waals surface area contributed by atoms with E-state index in [2.05, 4.69) is 26.1 Å². The third kappa shape index (κ3) is 3.11. The number of ether oxygens (including phenoxy) is 1. The molecule has 1 aromatic heterocycles. The molecule has 0 amide bonds. The Hall–Kier alpha value is -0.620. The zero-order valence-corrected chi connectivity index (χ0v) is 13.3. The van der Waals surface area contributed by atoms with Gasteiger partial charge in [-0.25, -0.2) is 0 Å². The molecule has 19 heavy (non-hydrogen) atoms. The average Bonchev–Trinajstić information content (AvgIpc) is 2.82. The van der Waals surface area contributed by atoms with Crippen LogP contribution in [-0.2, 0) is 17.2 Å². The lowest BCUT2D eigenvalue weighted by Gasteiger charge is -2.10. The first-order valence-corrected chi connectivity index (χ1v) is 7.31. The van der Waals surface area contributed by atoms with Crippen LogP contribution < -0.4 is 0 Å². The number of halogens is 3. The molecule has 102 valence electrons. The number of methoxy groups -OCH3 is 1. The lowest BCUT2D eigenvalue weighted by atomic mass is 10.2. The van der Waals surface area contributed by atoms with Gasteiger partial charge in [-0.3, -0.25) is 0 Å². The number of benzene rings is 1. The first-order chi connectivity index (χ1) is 9.19. The third-order valence-electron chi connectivity index (χ3n) is 2.66. The van der Waals surface area contributed by atoms with Crippen LogP contribution in [0.2, 0.25) is 5.02 Å². The lowest BCUT2D eigenvalue weighted by molar-refractivity contribution is 0.187. The Morgan fingerprint density at radius 2 is 2.16 bits per heavy atom. The van der Waals surface area contributed by atoms with Crippen molar-refractivity contribution in [2.24, 2.45) is 0 Å². The van der Waals surface area contributed by atoms with E-state index in [1.807, 2.05) is 22.8 Å². The number of alkyl halides is 1. The van der Waals surface area contributed by atoms with Gasteiger partial charge < -0.3 is 9.30 Å². The molecule has 0 radical (unpaired) electrons. The molecule has 4 nitrogen and oxygen atoms in total. The SMILES string of the molecule is COCCn1c(CCl)nnc1-c1cccc(Br)c1Cl. The maximum Gasteiger partial charge on any atom is 0.165 e. The summed E-state index contributed by atoms with van der Waals surface area (Å²) in [6.07, 6.45) is 0. The van der Waals surface area contributed by atoms with E-state index in [0.29, 0.717) is 35.7 Å². The molecule has 2 rings (SSSR count). The van der Waals surface area contributed by atoms with Crippen LogP contribution in [0.3, 0.4) is 0 Å². The molecule has 7 heteroatoms. The summed E-state index contributed by atoms with van der Waals surface area (Å²) in [5, 5.41) is 8.87. The van der Waals surface area contributed by atoms with E-state index < -0.39 is 0 Å². The van der Waals surface area contributed by atoms with Gasteiger partial charge >= 0.3 is 0 Å². The van der Waals surface area contributed by atoms with Crippen LogP contribution in [-0.4, -0.2) is 28.5 Å². The van der Waals surface area contributed by atoms with Gasteiger partial charge in [0.2, 0.25) is 0 Å². The zero-order valence-electron chi connectivity index (χ0n) is 10.2. The largest absolute Gasteiger partial charge is 0.383 e. The summed E-state index contributed by atoms with van der Waals surface area (Å²) in [7, 11) is 1.65. The first-order valence-electron chi connectivity index (χ1n) is 5.60. The minimum absolute atomic E-state index is 0.294. The fraction of sp³-hybridized carbons (Fsp3) is 0.333. The molecule has 0 aliphatic rings. The van der Waals surface area contributed by atoms with Gasteiger partial charge in [0.05, 0.1) is 17.5 Å². The van der Waals surface area contributed by atoms with Gasteiger partial charge in [0.25, 0.3) is 0 Å². The molecule has 0 aliphatic heterocycles. The molecular formula is C12H12BrCl2N3O. The molecule has 0 atom stereocenters. The van der Waals surface area contributed by atoms with Crippen LogP contribution in [0.1, 0.15) is 5.82 Å². The molecular weight excluding hydrogens is 353 g/mol. The van der Waals surface area contributed by atoms with Crippen LogP contribution in [0.5, 0.6) is 0 Å². The van der Waals surface area contributed by atoms with Gasteiger partial charge in [0.1, 0.15) is 5.82 Å². The van der Waals surface area contributed by atoms with Gasteiger partial charge in [-0.1, -0.05) is 17.7 Å². The highest BCUT2D eigenvalue weighted by Gasteiger charge is 2.16. The highest BCUT2D eigenvalue weighted by molar-refractivity contribution is 9.10. The Morgan fingerprint density at radius 1 is 1.37 bits per heavy atom. The number of hydrogen-bond donors (Lipinski definition) is 0. The molecule has 2 aromatic rings. The minimum Gasteiger partial charge on any atom is -0.383 e. The van der Waals surface area contributed by atoms with E-state index >= 15 is 0 Å². The fourth-order valence-corrected chi connectivity index (χ4v) is 2.50. The maximum absolute atomic E-state index is 6.29. The standard InChI is InChI=1S/C12H12BrCl2N3O/c1-19-6-5-18-10(7-14)16-17-12(18)8-3-2-4-9(13)11(8)15/h2-4H,5-7H2,1H3. The van der Waals surface area contributed by atoms with Crippen LogP contribution in [0.25, 0.3) is 11.4 Å². The topological polar surface area (TPSA) is 39.9 Å². The second-order valence-electron chi connectivity index (χ2n) is 3.82. The smallest absolute Gasteiger partial charge is 0.165 e. The molecule has 1 aromatic carbocycles. The highest BCUT2D eigenvalue weighted by atomic mass is 79.9. The van der Waals surface area contributed by atoms with Crippen LogP contribution in [0.15, 0.2) is 22.7 Å². The second kappa shape index (κ2) is 6.70. The summed E-state index contributed by atoms with van der Waals surface area (Å²) in [4.78, 5) is 0. The van der Waals surface area contributed by atoms with E-state index in [0.717, 1.165) is 10.0 Å². The Labute approximate surface area is 129 Å². The van der Waals surface area contributed by atoms with Crippen molar-refractivity contribution in [3.05, 3.63) is 33.5 Å². The number of nitrogens with zero attached hydrogens (tertiary/aromatic N) is 3. The summed E-state index contributed by atoms with van der Waals surface area (Å²) in [5.74, 6) is 1.69. The third-order valence-corrected chi connectivity index (χ3v) is 4.19. The van der Waals surface area contributed by atoms with Crippen LogP contribution >= 0.6 is 39.1 Å². The molecule has 0 unspecified atom stereocenters. The van der Waals surface area contributed by atoms with Crippen molar-refractivity contribution >= 4 is 39.1 Å². The Morgan fingerprint density at radius 3 is 2.84 bits per heavy atom. The van der Waals surface area contributed by atoms with Crippen molar-refractivity contribution in [2.75, 3.05) is 13.7 Å². The Kier molecular flexibility index (Phi) is 5.21. The van der Waals surface area contributed by atoms with Crippen molar-refractivity contribution in [3.8, 4) is 11.4 Å². The lowest BCUT2D eigenvalue weighted by Crippen LogP contribution is -2.09. The summed E-state index contributed by atoms with van der Waals surface area (Å²) in [5.41, 5.74) is 0.816. The molecule has 0 saturated carbocycles. The molecule has 0 fully saturated rings. The number of aromatic nitrogens is 3. The average molecular weight is 365 g/mol. The van der Waals surface area contributed by atoms with E-state index in [-0.39, 0.29) is 0 Å². The van der Waals surface area contributed by atoms with Crippen LogP contribution in [0, 0.1) is 0 Å². The highest BCUT2D eigenvalue weighted by Crippen LogP contribution is 2.33. The van der Waals surface area contributed by atoms with Gasteiger partial charge in [0, 0.05) is 23.7 Å². The summed E-state index contributed by atoms with van der Waals surface area (Å²) < 4.78 is 7.84. The molecule has 0 N–H and O–H groups in total. The summed E-state index contributed by atoms with van der Waals surface area (Å²) >= 11 is 15.6. The zero-order chi connectivity index (χ0) is 13.8. The minimum atomic E-state index is 0.294. The number of hydrogen-bond acceptors (Lipinski definition) is 3. The van der Waals surface area contributed by atoms with Gasteiger partial charge in [0.15, 0.2) is 5.82 Å². The number of rotatable bonds is 5. The van der Waals surface area contributed by atoms with Crippen LogP contribution in [0.4, 0.5) is 0 Å². The molecule has 0 saturated heterocycles. The van der Waals surface area contributed by atoms with Crippen molar-refractivity contribution in [1.29, 1.82) is 0 Å². The van der Waals surface area contributed by atoms with E-state index in [4.69, 9.17) is 27.9 Å². The van der Waals surface area contributed by atoms with E-state index in [9.17, 15) is 0 Å². The van der Waals surface area contributed by atoms with E-state index in [1.54, 1.807) is 7.11 Å². The Bertz CT molecular complexity index is 574.